The summed E-state index contributed by atoms with van der Waals surface area (Å²) in [6, 6.07) is 1.84. The number of allylic oxidation sites excluding steroid dienone is 2. The summed E-state index contributed by atoms with van der Waals surface area (Å²) in [4.78, 5) is 38.2. The SMILES string of the molecule is CCc1cc(C)c(O)c2c1C[C@@H]1C[C@@H]3CC(O)=C(C(C)=O)C(=O)[C@]3(O)C(O)=C1C2=O. The van der Waals surface area contributed by atoms with Gasteiger partial charge in [-0.05, 0) is 55.7 Å². The molecule has 4 N–H and O–H groups in total. The van der Waals surface area contributed by atoms with Crippen LogP contribution < -0.4 is 0 Å². The van der Waals surface area contributed by atoms with Gasteiger partial charge in [-0.3, -0.25) is 14.4 Å². The van der Waals surface area contributed by atoms with Gasteiger partial charge in [-0.2, -0.15) is 0 Å². The maximum atomic E-state index is 13.4. The van der Waals surface area contributed by atoms with Crippen molar-refractivity contribution in [2.24, 2.45) is 11.8 Å². The Morgan fingerprint density at radius 2 is 1.87 bits per heavy atom. The number of fused-ring (bicyclic) bond motifs is 3. The van der Waals surface area contributed by atoms with E-state index in [1.54, 1.807) is 6.92 Å². The van der Waals surface area contributed by atoms with Gasteiger partial charge in [0.25, 0.3) is 0 Å². The Hall–Kier alpha value is -2.93. The summed E-state index contributed by atoms with van der Waals surface area (Å²) >= 11 is 0. The molecule has 0 spiro atoms. The van der Waals surface area contributed by atoms with Crippen molar-refractivity contribution >= 4 is 17.3 Å². The number of ketones is 3. The van der Waals surface area contributed by atoms with Crippen LogP contribution in [0.1, 0.15) is 53.7 Å². The Bertz CT molecular complexity index is 1090. The third-order valence-electron chi connectivity index (χ3n) is 6.83. The summed E-state index contributed by atoms with van der Waals surface area (Å²) < 4.78 is 0. The number of rotatable bonds is 2. The van der Waals surface area contributed by atoms with Gasteiger partial charge in [0.05, 0.1) is 5.56 Å². The van der Waals surface area contributed by atoms with E-state index in [0.717, 1.165) is 12.5 Å². The van der Waals surface area contributed by atoms with Crippen molar-refractivity contribution in [2.45, 2.75) is 52.1 Å². The normalized spacial score (nSPS) is 28.3. The zero-order valence-corrected chi connectivity index (χ0v) is 17.1. The fourth-order valence-electron chi connectivity index (χ4n) is 5.34. The highest BCUT2D eigenvalue weighted by molar-refractivity contribution is 6.25. The van der Waals surface area contributed by atoms with Crippen molar-refractivity contribution in [3.63, 3.8) is 0 Å². The largest absolute Gasteiger partial charge is 0.511 e. The molecular weight excluding hydrogens is 388 g/mol. The molecule has 7 heteroatoms. The fraction of sp³-hybridized carbons (Fsp3) is 0.435. The molecular formula is C23H24O7. The third-order valence-corrected chi connectivity index (χ3v) is 6.83. The van der Waals surface area contributed by atoms with Crippen LogP contribution in [-0.2, 0) is 22.4 Å². The van der Waals surface area contributed by atoms with E-state index >= 15 is 0 Å². The molecule has 0 aliphatic heterocycles. The molecule has 1 aromatic carbocycles. The van der Waals surface area contributed by atoms with Crippen molar-refractivity contribution in [1.82, 2.24) is 0 Å². The number of benzene rings is 1. The number of phenolic OH excluding ortho intramolecular Hbond substituents is 1. The lowest BCUT2D eigenvalue weighted by Gasteiger charge is -2.45. The number of carbonyl (C=O) groups excluding carboxylic acids is 3. The topological polar surface area (TPSA) is 132 Å². The minimum absolute atomic E-state index is 0.0955. The highest BCUT2D eigenvalue weighted by Gasteiger charge is 2.59. The number of aliphatic hydroxyl groups is 3. The second-order valence-electron chi connectivity index (χ2n) is 8.51. The van der Waals surface area contributed by atoms with Crippen molar-refractivity contribution in [3.05, 3.63) is 51.0 Å². The molecule has 0 saturated heterocycles. The average molecular weight is 412 g/mol. The Kier molecular flexibility index (Phi) is 4.43. The van der Waals surface area contributed by atoms with Crippen LogP contribution in [0.15, 0.2) is 28.7 Å². The van der Waals surface area contributed by atoms with Gasteiger partial charge in [0.2, 0.25) is 5.78 Å². The van der Waals surface area contributed by atoms with E-state index in [1.807, 2.05) is 13.0 Å². The van der Waals surface area contributed by atoms with E-state index in [4.69, 9.17) is 0 Å². The van der Waals surface area contributed by atoms with Crippen LogP contribution in [0.4, 0.5) is 0 Å². The minimum atomic E-state index is -2.45. The summed E-state index contributed by atoms with van der Waals surface area (Å²) in [5, 5.41) is 43.0. The molecule has 7 nitrogen and oxygen atoms in total. The maximum Gasteiger partial charge on any atom is 0.209 e. The first kappa shape index (κ1) is 20.3. The molecule has 0 heterocycles. The van der Waals surface area contributed by atoms with Crippen LogP contribution in [0.25, 0.3) is 0 Å². The maximum absolute atomic E-state index is 13.4. The number of hydrogen-bond donors (Lipinski definition) is 4. The lowest BCUT2D eigenvalue weighted by molar-refractivity contribution is -0.144. The Balaban J connectivity index is 1.94. The number of aryl methyl sites for hydroxylation is 2. The molecule has 3 aliphatic carbocycles. The van der Waals surface area contributed by atoms with Crippen molar-refractivity contribution < 1.29 is 34.8 Å². The van der Waals surface area contributed by atoms with Crippen molar-refractivity contribution in [1.29, 1.82) is 0 Å². The van der Waals surface area contributed by atoms with Crippen LogP contribution in [0.5, 0.6) is 5.75 Å². The minimum Gasteiger partial charge on any atom is -0.511 e. The molecule has 0 radical (unpaired) electrons. The van der Waals surface area contributed by atoms with E-state index in [1.165, 1.54) is 0 Å². The van der Waals surface area contributed by atoms with Crippen molar-refractivity contribution in [2.75, 3.05) is 0 Å². The van der Waals surface area contributed by atoms with Gasteiger partial charge in [0, 0.05) is 17.9 Å². The molecule has 30 heavy (non-hydrogen) atoms. The van der Waals surface area contributed by atoms with Gasteiger partial charge in [-0.1, -0.05) is 13.0 Å². The van der Waals surface area contributed by atoms with Gasteiger partial charge in [0.15, 0.2) is 17.2 Å². The molecule has 4 rings (SSSR count). The van der Waals surface area contributed by atoms with E-state index in [0.29, 0.717) is 24.0 Å². The molecule has 158 valence electrons. The van der Waals surface area contributed by atoms with Gasteiger partial charge < -0.3 is 20.4 Å². The van der Waals surface area contributed by atoms with Crippen LogP contribution in [0.2, 0.25) is 0 Å². The number of aliphatic hydroxyl groups excluding tert-OH is 2. The van der Waals surface area contributed by atoms with Crippen LogP contribution in [0.3, 0.4) is 0 Å². The number of carbonyl (C=O) groups is 3. The second kappa shape index (κ2) is 6.54. The van der Waals surface area contributed by atoms with Gasteiger partial charge >= 0.3 is 0 Å². The monoisotopic (exact) mass is 412 g/mol. The van der Waals surface area contributed by atoms with Gasteiger partial charge in [-0.15, -0.1) is 0 Å². The summed E-state index contributed by atoms with van der Waals surface area (Å²) in [6.07, 6.45) is 1.06. The molecule has 0 bridgehead atoms. The zero-order chi connectivity index (χ0) is 22.1. The predicted octanol–water partition coefficient (Wildman–Crippen LogP) is 2.56. The van der Waals surface area contributed by atoms with E-state index < -0.39 is 51.9 Å². The first-order valence-electron chi connectivity index (χ1n) is 10.1. The molecule has 0 saturated carbocycles. The van der Waals surface area contributed by atoms with Gasteiger partial charge in [-0.25, -0.2) is 0 Å². The lowest BCUT2D eigenvalue weighted by Crippen LogP contribution is -2.56. The Morgan fingerprint density at radius 3 is 2.47 bits per heavy atom. The first-order chi connectivity index (χ1) is 14.0. The van der Waals surface area contributed by atoms with Crippen LogP contribution in [-0.4, -0.2) is 43.4 Å². The highest BCUT2D eigenvalue weighted by Crippen LogP contribution is 2.52. The molecule has 0 aromatic heterocycles. The number of aromatic hydroxyl groups is 1. The van der Waals surface area contributed by atoms with Crippen LogP contribution in [0, 0.1) is 18.8 Å². The number of phenols is 1. The quantitative estimate of drug-likeness (QED) is 0.549. The Morgan fingerprint density at radius 1 is 1.20 bits per heavy atom. The molecule has 1 aromatic rings. The van der Waals surface area contributed by atoms with E-state index in [9.17, 15) is 34.8 Å². The first-order valence-corrected chi connectivity index (χ1v) is 10.1. The number of hydrogen-bond acceptors (Lipinski definition) is 7. The predicted molar refractivity (Wildman–Crippen MR) is 106 cm³/mol. The zero-order valence-electron chi connectivity index (χ0n) is 17.1. The Labute approximate surface area is 173 Å². The van der Waals surface area contributed by atoms with E-state index in [2.05, 4.69) is 0 Å². The summed E-state index contributed by atoms with van der Waals surface area (Å²) in [5.41, 5.74) is -0.820. The van der Waals surface area contributed by atoms with E-state index in [-0.39, 0.29) is 29.7 Å². The second-order valence-corrected chi connectivity index (χ2v) is 8.51. The summed E-state index contributed by atoms with van der Waals surface area (Å²) in [5.74, 6) is -5.09. The third kappa shape index (κ3) is 2.45. The molecule has 0 unspecified atom stereocenters. The van der Waals surface area contributed by atoms with Crippen molar-refractivity contribution in [3.8, 4) is 5.75 Å². The molecule has 0 fully saturated rings. The molecule has 3 aliphatic rings. The molecule has 0 amide bonds. The smallest absolute Gasteiger partial charge is 0.209 e. The highest BCUT2D eigenvalue weighted by atomic mass is 16.3. The van der Waals surface area contributed by atoms with Gasteiger partial charge in [0.1, 0.15) is 22.8 Å². The average Bonchev–Trinajstić information content (AvgIpc) is 2.67. The summed E-state index contributed by atoms with van der Waals surface area (Å²) in [7, 11) is 0. The lowest BCUT2D eigenvalue weighted by atomic mass is 9.60. The number of Topliss-reactive ketones (excluding diaryl/α,β-unsaturated/α-hetero) is 3. The molecule has 3 atom stereocenters. The van der Waals surface area contributed by atoms with Crippen LogP contribution >= 0.6 is 0 Å². The standard InChI is InChI=1S/C23H24O7/c1-4-11-5-9(2)19(26)18-14(11)7-12-6-13-8-15(25)16(10(3)24)21(28)23(13,30)22(29)17(12)20(18)27/h5,12-13,25-26,29-30H,4,6-8H2,1-3H3/t12-,13+,23-/m0/s1. The fourth-order valence-corrected chi connectivity index (χ4v) is 5.34. The summed E-state index contributed by atoms with van der Waals surface area (Å²) in [6.45, 7) is 4.73.